The molecular weight excluding hydrogens is 262 g/mol. The quantitative estimate of drug-likeness (QED) is 0.804. The number of anilines is 1. The van der Waals surface area contributed by atoms with Gasteiger partial charge in [-0.15, -0.1) is 0 Å². The fourth-order valence-corrected chi connectivity index (χ4v) is 3.66. The second-order valence-corrected chi connectivity index (χ2v) is 5.86. The van der Waals surface area contributed by atoms with Crippen LogP contribution in [0.15, 0.2) is 12.3 Å². The molecule has 102 valence electrons. The highest BCUT2D eigenvalue weighted by Crippen LogP contribution is 2.37. The van der Waals surface area contributed by atoms with Gasteiger partial charge in [-0.3, -0.25) is 4.79 Å². The monoisotopic (exact) mass is 279 g/mol. The summed E-state index contributed by atoms with van der Waals surface area (Å²) >= 11 is 6.04. The fourth-order valence-electron chi connectivity index (χ4n) is 3.48. The van der Waals surface area contributed by atoms with E-state index >= 15 is 0 Å². The van der Waals surface area contributed by atoms with Crippen molar-refractivity contribution in [3.05, 3.63) is 23.0 Å². The minimum atomic E-state index is -0.0126. The molecule has 2 fully saturated rings. The molecule has 1 aliphatic carbocycles. The Bertz CT molecular complexity index is 505. The van der Waals surface area contributed by atoms with E-state index in [0.717, 1.165) is 19.4 Å². The second-order valence-electron chi connectivity index (χ2n) is 5.51. The largest absolute Gasteiger partial charge is 0.397 e. The number of aromatic nitrogens is 1. The first-order chi connectivity index (χ1) is 9.16. The van der Waals surface area contributed by atoms with Gasteiger partial charge in [-0.25, -0.2) is 4.98 Å². The summed E-state index contributed by atoms with van der Waals surface area (Å²) < 4.78 is 0. The normalized spacial score (nSPS) is 26.3. The molecule has 2 atom stereocenters. The molecule has 2 heterocycles. The Kier molecular flexibility index (Phi) is 3.35. The highest BCUT2D eigenvalue weighted by molar-refractivity contribution is 6.32. The van der Waals surface area contributed by atoms with Crippen molar-refractivity contribution in [3.8, 4) is 0 Å². The van der Waals surface area contributed by atoms with Gasteiger partial charge in [0.25, 0.3) is 5.91 Å². The number of halogens is 1. The van der Waals surface area contributed by atoms with E-state index in [-0.39, 0.29) is 11.1 Å². The predicted octanol–water partition coefficient (Wildman–Crippen LogP) is 2.72. The van der Waals surface area contributed by atoms with Crippen LogP contribution >= 0.6 is 11.6 Å². The molecule has 0 bridgehead atoms. The van der Waals surface area contributed by atoms with Crippen LogP contribution in [0, 0.1) is 5.92 Å². The number of hydrogen-bond donors (Lipinski definition) is 1. The zero-order valence-corrected chi connectivity index (χ0v) is 11.6. The van der Waals surface area contributed by atoms with Crippen molar-refractivity contribution in [1.29, 1.82) is 0 Å². The van der Waals surface area contributed by atoms with E-state index in [4.69, 9.17) is 17.3 Å². The summed E-state index contributed by atoms with van der Waals surface area (Å²) in [7, 11) is 0. The van der Waals surface area contributed by atoms with Crippen molar-refractivity contribution in [2.24, 2.45) is 5.92 Å². The molecule has 0 radical (unpaired) electrons. The average molecular weight is 280 g/mol. The van der Waals surface area contributed by atoms with Crippen molar-refractivity contribution in [2.75, 3.05) is 12.3 Å². The number of nitrogens with zero attached hydrogens (tertiary/aromatic N) is 2. The third kappa shape index (κ3) is 2.29. The topological polar surface area (TPSA) is 59.2 Å². The molecule has 5 heteroatoms. The fraction of sp³-hybridized carbons (Fsp3) is 0.571. The maximum absolute atomic E-state index is 12.7. The first-order valence-corrected chi connectivity index (χ1v) is 7.26. The molecule has 1 saturated carbocycles. The molecule has 1 amide bonds. The van der Waals surface area contributed by atoms with Gasteiger partial charge in [0.05, 0.1) is 17.4 Å². The van der Waals surface area contributed by atoms with Crippen LogP contribution in [-0.4, -0.2) is 28.4 Å². The van der Waals surface area contributed by atoms with Crippen LogP contribution < -0.4 is 5.73 Å². The van der Waals surface area contributed by atoms with E-state index in [1.165, 1.54) is 25.5 Å². The van der Waals surface area contributed by atoms with Gasteiger partial charge in [-0.05, 0) is 37.7 Å². The van der Waals surface area contributed by atoms with Crippen LogP contribution in [0.2, 0.25) is 5.15 Å². The molecular formula is C14H18ClN3O. The number of hydrogen-bond acceptors (Lipinski definition) is 3. The predicted molar refractivity (Wildman–Crippen MR) is 75.1 cm³/mol. The van der Waals surface area contributed by atoms with Crippen molar-refractivity contribution in [2.45, 2.75) is 38.1 Å². The number of nitrogens with two attached hydrogens (primary N) is 1. The Balaban J connectivity index is 1.88. The Morgan fingerprint density at radius 2 is 2.16 bits per heavy atom. The van der Waals surface area contributed by atoms with E-state index < -0.39 is 0 Å². The molecule has 0 aromatic carbocycles. The van der Waals surface area contributed by atoms with Crippen LogP contribution in [0.5, 0.6) is 0 Å². The van der Waals surface area contributed by atoms with Gasteiger partial charge in [0.1, 0.15) is 5.15 Å². The molecule has 0 spiro atoms. The molecule has 1 aromatic rings. The van der Waals surface area contributed by atoms with Crippen molar-refractivity contribution >= 4 is 23.2 Å². The molecule has 4 nitrogen and oxygen atoms in total. The standard InChI is InChI=1S/C14H18ClN3O/c15-13-11(7-10(16)8-17-13)14(19)18-6-2-4-9-3-1-5-12(9)18/h7-9,12H,1-6,16H2. The smallest absolute Gasteiger partial charge is 0.257 e. The molecule has 2 unspecified atom stereocenters. The Hall–Kier alpha value is -1.29. The maximum atomic E-state index is 12.7. The molecule has 1 saturated heterocycles. The second kappa shape index (κ2) is 5.00. The van der Waals surface area contributed by atoms with Gasteiger partial charge in [-0.1, -0.05) is 18.0 Å². The van der Waals surface area contributed by atoms with E-state index in [9.17, 15) is 4.79 Å². The zero-order valence-electron chi connectivity index (χ0n) is 10.8. The first-order valence-electron chi connectivity index (χ1n) is 6.89. The minimum absolute atomic E-state index is 0.0126. The third-order valence-electron chi connectivity index (χ3n) is 4.34. The number of fused-ring (bicyclic) bond motifs is 1. The molecule has 3 rings (SSSR count). The molecule has 19 heavy (non-hydrogen) atoms. The van der Waals surface area contributed by atoms with E-state index in [0.29, 0.717) is 23.2 Å². The molecule has 2 N–H and O–H groups in total. The van der Waals surface area contributed by atoms with E-state index in [1.54, 1.807) is 6.07 Å². The van der Waals surface area contributed by atoms with Gasteiger partial charge in [0, 0.05) is 12.6 Å². The summed E-state index contributed by atoms with van der Waals surface area (Å²) in [6.45, 7) is 0.825. The van der Waals surface area contributed by atoms with Crippen molar-refractivity contribution in [3.63, 3.8) is 0 Å². The lowest BCUT2D eigenvalue weighted by Gasteiger charge is -2.37. The highest BCUT2D eigenvalue weighted by Gasteiger charge is 2.38. The van der Waals surface area contributed by atoms with Crippen LogP contribution in [0.25, 0.3) is 0 Å². The number of likely N-dealkylation sites (tertiary alicyclic amines) is 1. The summed E-state index contributed by atoms with van der Waals surface area (Å²) in [5.74, 6) is 0.659. The number of piperidine rings is 1. The lowest BCUT2D eigenvalue weighted by molar-refractivity contribution is 0.0548. The third-order valence-corrected chi connectivity index (χ3v) is 4.65. The van der Waals surface area contributed by atoms with Crippen molar-refractivity contribution in [1.82, 2.24) is 9.88 Å². The Morgan fingerprint density at radius 3 is 3.00 bits per heavy atom. The molecule has 2 aliphatic rings. The van der Waals surface area contributed by atoms with Crippen LogP contribution in [0.3, 0.4) is 0 Å². The maximum Gasteiger partial charge on any atom is 0.257 e. The Labute approximate surface area is 117 Å². The lowest BCUT2D eigenvalue weighted by atomic mass is 9.91. The number of carbonyl (C=O) groups excluding carboxylic acids is 1. The zero-order chi connectivity index (χ0) is 13.4. The van der Waals surface area contributed by atoms with Crippen molar-refractivity contribution < 1.29 is 4.79 Å². The van der Waals surface area contributed by atoms with Gasteiger partial charge >= 0.3 is 0 Å². The minimum Gasteiger partial charge on any atom is -0.397 e. The summed E-state index contributed by atoms with van der Waals surface area (Å²) in [5, 5.41) is 0.249. The number of nitrogen functional groups attached to an aromatic ring is 1. The van der Waals surface area contributed by atoms with E-state index in [1.807, 2.05) is 4.90 Å². The highest BCUT2D eigenvalue weighted by atomic mass is 35.5. The van der Waals surface area contributed by atoms with Gasteiger partial charge in [0.2, 0.25) is 0 Å². The summed E-state index contributed by atoms with van der Waals surface area (Å²) in [4.78, 5) is 18.6. The SMILES string of the molecule is Nc1cnc(Cl)c(C(=O)N2CCCC3CCCC32)c1. The van der Waals surface area contributed by atoms with Crippen LogP contribution in [0.1, 0.15) is 42.5 Å². The number of carbonyl (C=O) groups is 1. The van der Waals surface area contributed by atoms with Crippen LogP contribution in [0.4, 0.5) is 5.69 Å². The van der Waals surface area contributed by atoms with Gasteiger partial charge in [0.15, 0.2) is 0 Å². The van der Waals surface area contributed by atoms with E-state index in [2.05, 4.69) is 4.98 Å². The van der Waals surface area contributed by atoms with Gasteiger partial charge in [-0.2, -0.15) is 0 Å². The number of amides is 1. The van der Waals surface area contributed by atoms with Crippen LogP contribution in [-0.2, 0) is 0 Å². The summed E-state index contributed by atoms with van der Waals surface area (Å²) in [5.41, 5.74) is 6.63. The summed E-state index contributed by atoms with van der Waals surface area (Å²) in [6.07, 6.45) is 7.40. The molecule has 1 aromatic heterocycles. The number of rotatable bonds is 1. The average Bonchev–Trinajstić information content (AvgIpc) is 2.89. The lowest BCUT2D eigenvalue weighted by Crippen LogP contribution is -2.46. The molecule has 1 aliphatic heterocycles. The Morgan fingerprint density at radius 1 is 1.37 bits per heavy atom. The van der Waals surface area contributed by atoms with Gasteiger partial charge < -0.3 is 10.6 Å². The first kappa shape index (κ1) is 12.7. The number of pyridine rings is 1. The summed E-state index contributed by atoms with van der Waals surface area (Å²) in [6, 6.07) is 2.02.